The van der Waals surface area contributed by atoms with E-state index in [1.165, 1.54) is 12.0 Å². The zero-order valence-corrected chi connectivity index (χ0v) is 11.1. The predicted molar refractivity (Wildman–Crippen MR) is 69.5 cm³/mol. The van der Waals surface area contributed by atoms with Crippen LogP contribution in [0.3, 0.4) is 0 Å². The van der Waals surface area contributed by atoms with E-state index in [2.05, 4.69) is 12.2 Å². The first-order chi connectivity index (χ1) is 9.22. The van der Waals surface area contributed by atoms with Crippen molar-refractivity contribution in [3.05, 3.63) is 23.8 Å². The minimum atomic E-state index is -0.492. The first kappa shape index (κ1) is 13.6. The Kier molecular flexibility index (Phi) is 4.60. The molecule has 1 heterocycles. The summed E-state index contributed by atoms with van der Waals surface area (Å²) < 4.78 is 9.95. The number of carbonyl (C=O) groups excluding carboxylic acids is 2. The molecule has 5 heteroatoms. The minimum absolute atomic E-state index is 0.264. The first-order valence-corrected chi connectivity index (χ1v) is 6.59. The second-order valence-electron chi connectivity index (χ2n) is 4.69. The second-order valence-corrected chi connectivity index (χ2v) is 4.69. The summed E-state index contributed by atoms with van der Waals surface area (Å²) in [6.07, 6.45) is 9.13. The van der Waals surface area contributed by atoms with Crippen LogP contribution in [0.15, 0.2) is 23.8 Å². The Bertz CT molecular complexity index is 414. The van der Waals surface area contributed by atoms with Crippen LogP contribution in [0.5, 0.6) is 0 Å². The number of hydrogen-bond acceptors (Lipinski definition) is 4. The van der Waals surface area contributed by atoms with Crippen molar-refractivity contribution in [1.29, 1.82) is 0 Å². The highest BCUT2D eigenvalue weighted by atomic mass is 16.6. The molecule has 0 aromatic rings. The molecule has 104 valence electrons. The van der Waals surface area contributed by atoms with Crippen LogP contribution >= 0.6 is 0 Å². The van der Waals surface area contributed by atoms with Crippen molar-refractivity contribution >= 4 is 12.1 Å². The van der Waals surface area contributed by atoms with E-state index in [1.807, 2.05) is 6.08 Å². The van der Waals surface area contributed by atoms with Crippen LogP contribution < -0.4 is 0 Å². The highest BCUT2D eigenvalue weighted by Gasteiger charge is 2.35. The standard InChI is InChI=1S/C14H19NO4/c1-18-13(16)12-8-5-9-15(12)14(17)19-10-11-6-3-2-4-7-11/h3,6-7,12H,2,4-5,8-10H2,1H3/t12-/m0/s1. The van der Waals surface area contributed by atoms with Crippen LogP contribution in [0.4, 0.5) is 4.79 Å². The predicted octanol–water partition coefficient (Wildman–Crippen LogP) is 2.04. The lowest BCUT2D eigenvalue weighted by atomic mass is 10.1. The van der Waals surface area contributed by atoms with Gasteiger partial charge in [0.1, 0.15) is 12.6 Å². The Morgan fingerprint density at radius 3 is 2.95 bits per heavy atom. The summed E-state index contributed by atoms with van der Waals surface area (Å²) in [7, 11) is 1.34. The normalized spacial score (nSPS) is 22.1. The monoisotopic (exact) mass is 265 g/mol. The van der Waals surface area contributed by atoms with Crippen LogP contribution in [-0.2, 0) is 14.3 Å². The number of rotatable bonds is 3. The van der Waals surface area contributed by atoms with Crippen molar-refractivity contribution in [3.8, 4) is 0 Å². The summed E-state index contributed by atoms with van der Waals surface area (Å²) >= 11 is 0. The largest absolute Gasteiger partial charge is 0.467 e. The Balaban J connectivity index is 1.87. The summed E-state index contributed by atoms with van der Waals surface area (Å²) in [5.74, 6) is -0.369. The van der Waals surface area contributed by atoms with Gasteiger partial charge < -0.3 is 9.47 Å². The van der Waals surface area contributed by atoms with E-state index in [9.17, 15) is 9.59 Å². The SMILES string of the molecule is COC(=O)[C@@H]1CCCN1C(=O)OCC1=CCCC=C1. The molecule has 0 aromatic carbocycles. The Morgan fingerprint density at radius 1 is 1.42 bits per heavy atom. The highest BCUT2D eigenvalue weighted by molar-refractivity contribution is 5.82. The maximum absolute atomic E-state index is 12.0. The van der Waals surface area contributed by atoms with Crippen LogP contribution in [0.1, 0.15) is 25.7 Å². The molecule has 0 saturated carbocycles. The molecule has 1 fully saturated rings. The number of hydrogen-bond donors (Lipinski definition) is 0. The van der Waals surface area contributed by atoms with Gasteiger partial charge in [-0.1, -0.05) is 18.2 Å². The van der Waals surface area contributed by atoms with E-state index in [-0.39, 0.29) is 12.6 Å². The third-order valence-corrected chi connectivity index (χ3v) is 3.39. The van der Waals surface area contributed by atoms with E-state index in [0.717, 1.165) is 24.8 Å². The molecule has 1 atom stereocenters. The fourth-order valence-electron chi connectivity index (χ4n) is 2.37. The summed E-state index contributed by atoms with van der Waals surface area (Å²) in [6, 6.07) is -0.492. The molecule has 0 unspecified atom stereocenters. The number of nitrogens with zero attached hydrogens (tertiary/aromatic N) is 1. The fourth-order valence-corrected chi connectivity index (χ4v) is 2.37. The quantitative estimate of drug-likeness (QED) is 0.733. The Hall–Kier alpha value is -1.78. The van der Waals surface area contributed by atoms with E-state index in [0.29, 0.717) is 13.0 Å². The molecule has 1 amide bonds. The van der Waals surface area contributed by atoms with E-state index >= 15 is 0 Å². The van der Waals surface area contributed by atoms with E-state index in [4.69, 9.17) is 9.47 Å². The molecular formula is C14H19NO4. The van der Waals surface area contributed by atoms with E-state index < -0.39 is 12.1 Å². The number of carbonyl (C=O) groups is 2. The van der Waals surface area contributed by atoms with Gasteiger partial charge in [0.15, 0.2) is 0 Å². The molecule has 1 saturated heterocycles. The lowest BCUT2D eigenvalue weighted by Crippen LogP contribution is -2.41. The summed E-state index contributed by atoms with van der Waals surface area (Å²) in [6.45, 7) is 0.813. The smallest absolute Gasteiger partial charge is 0.410 e. The molecule has 0 spiro atoms. The molecule has 1 aliphatic carbocycles. The van der Waals surface area contributed by atoms with Gasteiger partial charge in [-0.3, -0.25) is 4.90 Å². The van der Waals surface area contributed by atoms with Crippen molar-refractivity contribution < 1.29 is 19.1 Å². The summed E-state index contributed by atoms with van der Waals surface area (Å²) in [5, 5.41) is 0. The van der Waals surface area contributed by atoms with Crippen LogP contribution in [0.25, 0.3) is 0 Å². The van der Waals surface area contributed by atoms with Gasteiger partial charge >= 0.3 is 12.1 Å². The second kappa shape index (κ2) is 6.41. The highest BCUT2D eigenvalue weighted by Crippen LogP contribution is 2.20. The first-order valence-electron chi connectivity index (χ1n) is 6.59. The molecule has 19 heavy (non-hydrogen) atoms. The lowest BCUT2D eigenvalue weighted by molar-refractivity contribution is -0.145. The molecular weight excluding hydrogens is 246 g/mol. The zero-order valence-electron chi connectivity index (χ0n) is 11.1. The van der Waals surface area contributed by atoms with E-state index in [1.54, 1.807) is 0 Å². The third kappa shape index (κ3) is 3.36. The number of allylic oxidation sites excluding steroid dienone is 2. The molecule has 2 aliphatic rings. The fraction of sp³-hybridized carbons (Fsp3) is 0.571. The van der Waals surface area contributed by atoms with Crippen molar-refractivity contribution in [2.24, 2.45) is 0 Å². The third-order valence-electron chi connectivity index (χ3n) is 3.39. The van der Waals surface area contributed by atoms with Crippen molar-refractivity contribution in [1.82, 2.24) is 4.90 Å². The molecule has 0 bridgehead atoms. The molecule has 0 aromatic heterocycles. The van der Waals surface area contributed by atoms with Gasteiger partial charge in [-0.2, -0.15) is 0 Å². The van der Waals surface area contributed by atoms with Gasteiger partial charge in [0.05, 0.1) is 7.11 Å². The molecule has 5 nitrogen and oxygen atoms in total. The zero-order chi connectivity index (χ0) is 13.7. The number of ether oxygens (including phenoxy) is 2. The minimum Gasteiger partial charge on any atom is -0.467 e. The topological polar surface area (TPSA) is 55.8 Å². The average molecular weight is 265 g/mol. The average Bonchev–Trinajstić information content (AvgIpc) is 2.94. The molecule has 0 radical (unpaired) electrons. The number of likely N-dealkylation sites (tertiary alicyclic amines) is 1. The van der Waals surface area contributed by atoms with Gasteiger partial charge in [0, 0.05) is 6.54 Å². The van der Waals surface area contributed by atoms with Gasteiger partial charge in [0.25, 0.3) is 0 Å². The summed E-state index contributed by atoms with van der Waals surface area (Å²) in [4.78, 5) is 25.0. The lowest BCUT2D eigenvalue weighted by Gasteiger charge is -2.22. The maximum Gasteiger partial charge on any atom is 0.410 e. The van der Waals surface area contributed by atoms with Crippen LogP contribution in [-0.4, -0.2) is 43.3 Å². The van der Waals surface area contributed by atoms with Gasteiger partial charge in [-0.05, 0) is 31.3 Å². The Morgan fingerprint density at radius 2 is 2.26 bits per heavy atom. The van der Waals surface area contributed by atoms with Gasteiger partial charge in [0.2, 0.25) is 0 Å². The van der Waals surface area contributed by atoms with Crippen molar-refractivity contribution in [3.63, 3.8) is 0 Å². The Labute approximate surface area is 112 Å². The number of methoxy groups -OCH3 is 1. The maximum atomic E-state index is 12.0. The summed E-state index contributed by atoms with van der Waals surface area (Å²) in [5.41, 5.74) is 1.01. The molecule has 0 N–H and O–H groups in total. The molecule has 2 rings (SSSR count). The van der Waals surface area contributed by atoms with Crippen LogP contribution in [0.2, 0.25) is 0 Å². The molecule has 1 aliphatic heterocycles. The number of amides is 1. The van der Waals surface area contributed by atoms with Crippen LogP contribution in [0, 0.1) is 0 Å². The van der Waals surface area contributed by atoms with Crippen molar-refractivity contribution in [2.45, 2.75) is 31.7 Å². The number of esters is 1. The van der Waals surface area contributed by atoms with Gasteiger partial charge in [-0.15, -0.1) is 0 Å². The van der Waals surface area contributed by atoms with Gasteiger partial charge in [-0.25, -0.2) is 9.59 Å². The van der Waals surface area contributed by atoms with Crippen molar-refractivity contribution in [2.75, 3.05) is 20.3 Å².